The molecule has 144 valence electrons. The molecule has 2 unspecified atom stereocenters. The number of hydrogen-bond acceptors (Lipinski definition) is 4. The van der Waals surface area contributed by atoms with Crippen LogP contribution < -0.4 is 4.90 Å². The summed E-state index contributed by atoms with van der Waals surface area (Å²) in [4.78, 5) is 16.6. The SMILES string of the molecule is CC1C=CC=CC1c1nc2c3c(cccc3n1)N(c1ccncc1)c1ccccc1-2. The number of fused-ring (bicyclic) bond motifs is 2. The van der Waals surface area contributed by atoms with Gasteiger partial charge >= 0.3 is 0 Å². The van der Waals surface area contributed by atoms with Crippen LogP contribution in [0.15, 0.2) is 91.3 Å². The van der Waals surface area contributed by atoms with E-state index < -0.39 is 0 Å². The van der Waals surface area contributed by atoms with E-state index in [9.17, 15) is 0 Å². The van der Waals surface area contributed by atoms with Crippen molar-refractivity contribution < 1.29 is 0 Å². The number of para-hydroxylation sites is 1. The Bertz CT molecular complexity index is 1320. The molecule has 1 aliphatic carbocycles. The molecule has 0 amide bonds. The van der Waals surface area contributed by atoms with E-state index >= 15 is 0 Å². The fourth-order valence-corrected chi connectivity index (χ4v) is 4.52. The summed E-state index contributed by atoms with van der Waals surface area (Å²) in [5.74, 6) is 1.44. The number of benzene rings is 2. The summed E-state index contributed by atoms with van der Waals surface area (Å²) in [6.45, 7) is 2.22. The van der Waals surface area contributed by atoms with Gasteiger partial charge in [-0.3, -0.25) is 4.98 Å². The van der Waals surface area contributed by atoms with Crippen molar-refractivity contribution >= 4 is 28.0 Å². The molecule has 2 aliphatic rings. The van der Waals surface area contributed by atoms with Crippen LogP contribution in [0.25, 0.3) is 22.2 Å². The summed E-state index contributed by atoms with van der Waals surface area (Å²) in [6, 6.07) is 18.9. The molecule has 2 atom stereocenters. The number of pyridine rings is 1. The van der Waals surface area contributed by atoms with Crippen molar-refractivity contribution in [2.75, 3.05) is 4.90 Å². The van der Waals surface area contributed by atoms with Crippen LogP contribution in [0.1, 0.15) is 18.7 Å². The predicted molar refractivity (Wildman–Crippen MR) is 121 cm³/mol. The normalized spacial score (nSPS) is 19.2. The third-order valence-corrected chi connectivity index (χ3v) is 5.99. The third kappa shape index (κ3) is 2.50. The maximum Gasteiger partial charge on any atom is 0.137 e. The van der Waals surface area contributed by atoms with Gasteiger partial charge in [-0.1, -0.05) is 55.5 Å². The first kappa shape index (κ1) is 17.1. The summed E-state index contributed by atoms with van der Waals surface area (Å²) >= 11 is 0. The van der Waals surface area contributed by atoms with Gasteiger partial charge in [0.25, 0.3) is 0 Å². The van der Waals surface area contributed by atoms with Crippen molar-refractivity contribution in [3.8, 4) is 11.3 Å². The largest absolute Gasteiger partial charge is 0.309 e. The highest BCUT2D eigenvalue weighted by molar-refractivity contribution is 6.11. The van der Waals surface area contributed by atoms with Gasteiger partial charge in [-0.2, -0.15) is 0 Å². The van der Waals surface area contributed by atoms with Gasteiger partial charge in [-0.25, -0.2) is 9.97 Å². The van der Waals surface area contributed by atoms with E-state index in [0.717, 1.165) is 45.0 Å². The lowest BCUT2D eigenvalue weighted by atomic mass is 9.88. The van der Waals surface area contributed by atoms with Crippen LogP contribution in [-0.4, -0.2) is 15.0 Å². The van der Waals surface area contributed by atoms with Crippen LogP contribution in [0.2, 0.25) is 0 Å². The van der Waals surface area contributed by atoms with Crippen molar-refractivity contribution in [1.29, 1.82) is 0 Å². The van der Waals surface area contributed by atoms with Gasteiger partial charge in [0, 0.05) is 29.6 Å². The van der Waals surface area contributed by atoms with E-state index in [4.69, 9.17) is 9.97 Å². The molecule has 4 heteroatoms. The summed E-state index contributed by atoms with van der Waals surface area (Å²) < 4.78 is 0. The van der Waals surface area contributed by atoms with Gasteiger partial charge in [0.1, 0.15) is 5.82 Å². The van der Waals surface area contributed by atoms with Crippen molar-refractivity contribution in [2.24, 2.45) is 5.92 Å². The molecule has 0 N–H and O–H groups in total. The summed E-state index contributed by atoms with van der Waals surface area (Å²) in [5.41, 5.74) is 6.43. The van der Waals surface area contributed by atoms with Crippen molar-refractivity contribution in [3.05, 3.63) is 97.1 Å². The zero-order chi connectivity index (χ0) is 20.1. The van der Waals surface area contributed by atoms with Gasteiger partial charge in [0.2, 0.25) is 0 Å². The van der Waals surface area contributed by atoms with Crippen LogP contribution in [0.4, 0.5) is 17.1 Å². The number of aromatic nitrogens is 3. The van der Waals surface area contributed by atoms with Gasteiger partial charge in [0.05, 0.1) is 28.0 Å². The lowest BCUT2D eigenvalue weighted by Crippen LogP contribution is -2.18. The molecule has 0 radical (unpaired) electrons. The first-order valence-electron chi connectivity index (χ1n) is 10.3. The first-order chi connectivity index (χ1) is 14.8. The summed E-state index contributed by atoms with van der Waals surface area (Å²) in [6.07, 6.45) is 12.3. The van der Waals surface area contributed by atoms with Crippen molar-refractivity contribution in [1.82, 2.24) is 15.0 Å². The maximum absolute atomic E-state index is 5.14. The second kappa shape index (κ2) is 6.63. The lowest BCUT2D eigenvalue weighted by Gasteiger charge is -2.33. The molecular formula is C26H20N4. The molecule has 4 nitrogen and oxygen atoms in total. The molecule has 2 aromatic carbocycles. The number of rotatable bonds is 2. The Hall–Kier alpha value is -3.79. The molecule has 30 heavy (non-hydrogen) atoms. The van der Waals surface area contributed by atoms with E-state index in [-0.39, 0.29) is 5.92 Å². The Morgan fingerprint density at radius 1 is 0.800 bits per heavy atom. The van der Waals surface area contributed by atoms with Crippen molar-refractivity contribution in [2.45, 2.75) is 12.8 Å². The van der Waals surface area contributed by atoms with E-state index in [0.29, 0.717) is 5.92 Å². The van der Waals surface area contributed by atoms with Crippen LogP contribution in [0, 0.1) is 5.92 Å². The number of anilines is 3. The molecular weight excluding hydrogens is 368 g/mol. The highest BCUT2D eigenvalue weighted by Gasteiger charge is 2.29. The number of allylic oxidation sites excluding steroid dienone is 4. The molecule has 0 bridgehead atoms. The van der Waals surface area contributed by atoms with E-state index in [1.807, 2.05) is 24.5 Å². The van der Waals surface area contributed by atoms with E-state index in [2.05, 4.69) is 83.6 Å². The summed E-state index contributed by atoms with van der Waals surface area (Å²) in [7, 11) is 0. The molecule has 3 heterocycles. The Morgan fingerprint density at radius 3 is 2.47 bits per heavy atom. The zero-order valence-electron chi connectivity index (χ0n) is 16.6. The maximum atomic E-state index is 5.14. The third-order valence-electron chi connectivity index (χ3n) is 5.99. The number of hydrogen-bond donors (Lipinski definition) is 0. The standard InChI is InChI=1S/C26H20N4/c1-17-7-2-3-8-19(17)26-28-21-10-6-12-23-24(21)25(29-26)20-9-4-5-11-22(20)30(23)18-13-15-27-16-14-18/h2-17,19H,1H3. The first-order valence-corrected chi connectivity index (χ1v) is 10.3. The Balaban J connectivity index is 1.66. The average Bonchev–Trinajstić information content (AvgIpc) is 2.80. The van der Waals surface area contributed by atoms with E-state index in [1.54, 1.807) is 0 Å². The second-order valence-electron chi connectivity index (χ2n) is 7.81. The molecule has 0 spiro atoms. The monoisotopic (exact) mass is 388 g/mol. The highest BCUT2D eigenvalue weighted by atomic mass is 15.2. The molecule has 0 fully saturated rings. The average molecular weight is 388 g/mol. The Morgan fingerprint density at radius 2 is 1.60 bits per heavy atom. The van der Waals surface area contributed by atoms with Gasteiger partial charge in [-0.15, -0.1) is 0 Å². The molecule has 1 aliphatic heterocycles. The van der Waals surface area contributed by atoms with E-state index in [1.165, 1.54) is 0 Å². The summed E-state index contributed by atoms with van der Waals surface area (Å²) in [5, 5.41) is 1.10. The fourth-order valence-electron chi connectivity index (χ4n) is 4.52. The minimum atomic E-state index is 0.185. The highest BCUT2D eigenvalue weighted by Crippen LogP contribution is 2.49. The van der Waals surface area contributed by atoms with Crippen LogP contribution >= 0.6 is 0 Å². The molecule has 4 aromatic rings. The Labute approximate surface area is 175 Å². The lowest BCUT2D eigenvalue weighted by molar-refractivity contribution is 0.605. The smallest absolute Gasteiger partial charge is 0.137 e. The fraction of sp³-hybridized carbons (Fsp3) is 0.115. The quantitative estimate of drug-likeness (QED) is 0.355. The Kier molecular flexibility index (Phi) is 3.78. The van der Waals surface area contributed by atoms with Gasteiger partial charge in [-0.05, 0) is 36.2 Å². The van der Waals surface area contributed by atoms with Crippen LogP contribution in [0.5, 0.6) is 0 Å². The predicted octanol–water partition coefficient (Wildman–Crippen LogP) is 6.32. The number of nitrogens with zero attached hydrogens (tertiary/aromatic N) is 4. The molecule has 2 aromatic heterocycles. The second-order valence-corrected chi connectivity index (χ2v) is 7.81. The molecule has 0 saturated carbocycles. The topological polar surface area (TPSA) is 41.9 Å². The van der Waals surface area contributed by atoms with Crippen molar-refractivity contribution in [3.63, 3.8) is 0 Å². The van der Waals surface area contributed by atoms with Gasteiger partial charge < -0.3 is 4.90 Å². The van der Waals surface area contributed by atoms with Gasteiger partial charge in [0.15, 0.2) is 0 Å². The minimum absolute atomic E-state index is 0.185. The molecule has 0 saturated heterocycles. The minimum Gasteiger partial charge on any atom is -0.309 e. The van der Waals surface area contributed by atoms with Crippen LogP contribution in [-0.2, 0) is 0 Å². The zero-order valence-corrected chi connectivity index (χ0v) is 16.6. The molecule has 6 rings (SSSR count). The van der Waals surface area contributed by atoms with Crippen LogP contribution in [0.3, 0.4) is 0 Å².